The summed E-state index contributed by atoms with van der Waals surface area (Å²) in [5.74, 6) is 0.654. The molecule has 2 aliphatic heterocycles. The zero-order chi connectivity index (χ0) is 22.3. The van der Waals surface area contributed by atoms with E-state index < -0.39 is 0 Å². The maximum atomic E-state index is 13.3. The highest BCUT2D eigenvalue weighted by Crippen LogP contribution is 2.25. The van der Waals surface area contributed by atoms with Gasteiger partial charge in [-0.15, -0.1) is 0 Å². The standard InChI is InChI=1S/C25H31N3O4/c1-31-19-24(29)27-13-11-21(12-14-27)32-23-10-6-5-9-22(23)25(30)28-17-15-26(16-18-28)20-7-3-2-4-8-20/h2-10,21H,11-19H2,1H3. The molecule has 0 bridgehead atoms. The van der Waals surface area contributed by atoms with Crippen LogP contribution in [-0.4, -0.2) is 80.7 Å². The zero-order valence-electron chi connectivity index (χ0n) is 18.6. The molecule has 4 rings (SSSR count). The fourth-order valence-corrected chi connectivity index (χ4v) is 4.34. The summed E-state index contributed by atoms with van der Waals surface area (Å²) in [7, 11) is 1.53. The van der Waals surface area contributed by atoms with Gasteiger partial charge in [-0.2, -0.15) is 0 Å². The number of hydrogen-bond donors (Lipinski definition) is 0. The summed E-state index contributed by atoms with van der Waals surface area (Å²) in [5.41, 5.74) is 1.80. The van der Waals surface area contributed by atoms with Crippen LogP contribution in [0.2, 0.25) is 0 Å². The van der Waals surface area contributed by atoms with Crippen molar-refractivity contribution in [3.8, 4) is 5.75 Å². The number of para-hydroxylation sites is 2. The van der Waals surface area contributed by atoms with Crippen LogP contribution in [0.25, 0.3) is 0 Å². The molecule has 170 valence electrons. The van der Waals surface area contributed by atoms with Gasteiger partial charge in [-0.3, -0.25) is 9.59 Å². The van der Waals surface area contributed by atoms with Gasteiger partial charge in [-0.1, -0.05) is 30.3 Å². The Kier molecular flexibility index (Phi) is 7.27. The van der Waals surface area contributed by atoms with Crippen molar-refractivity contribution in [1.82, 2.24) is 9.80 Å². The highest BCUT2D eigenvalue weighted by molar-refractivity contribution is 5.97. The minimum absolute atomic E-state index is 0.00882. The van der Waals surface area contributed by atoms with Crippen LogP contribution in [0.15, 0.2) is 54.6 Å². The summed E-state index contributed by atoms with van der Waals surface area (Å²) in [5, 5.41) is 0. The Labute approximate surface area is 189 Å². The summed E-state index contributed by atoms with van der Waals surface area (Å²) >= 11 is 0. The van der Waals surface area contributed by atoms with E-state index in [9.17, 15) is 9.59 Å². The Bertz CT molecular complexity index is 904. The summed E-state index contributed by atoms with van der Waals surface area (Å²) < 4.78 is 11.2. The predicted octanol–water partition coefficient (Wildman–Crippen LogP) is 2.67. The number of carbonyl (C=O) groups excluding carboxylic acids is 2. The van der Waals surface area contributed by atoms with Crippen LogP contribution < -0.4 is 9.64 Å². The van der Waals surface area contributed by atoms with Gasteiger partial charge in [-0.05, 0) is 24.3 Å². The summed E-state index contributed by atoms with van der Waals surface area (Å²) in [6.45, 7) is 4.39. The first-order valence-electron chi connectivity index (χ1n) is 11.3. The fourth-order valence-electron chi connectivity index (χ4n) is 4.34. The maximum absolute atomic E-state index is 13.3. The van der Waals surface area contributed by atoms with Crippen molar-refractivity contribution in [2.24, 2.45) is 0 Å². The molecule has 7 nitrogen and oxygen atoms in total. The van der Waals surface area contributed by atoms with E-state index in [1.807, 2.05) is 52.3 Å². The lowest BCUT2D eigenvalue weighted by Crippen LogP contribution is -2.49. The van der Waals surface area contributed by atoms with Crippen molar-refractivity contribution in [3.05, 3.63) is 60.2 Å². The average Bonchev–Trinajstić information content (AvgIpc) is 2.85. The lowest BCUT2D eigenvalue weighted by molar-refractivity contribution is -0.136. The third kappa shape index (κ3) is 5.22. The molecular formula is C25H31N3O4. The minimum atomic E-state index is -0.00882. The first-order chi connectivity index (χ1) is 15.7. The van der Waals surface area contributed by atoms with Crippen LogP contribution in [0, 0.1) is 0 Å². The van der Waals surface area contributed by atoms with Crippen molar-refractivity contribution >= 4 is 17.5 Å². The number of hydrogen-bond acceptors (Lipinski definition) is 5. The number of rotatable bonds is 6. The van der Waals surface area contributed by atoms with Crippen molar-refractivity contribution in [2.75, 3.05) is 57.9 Å². The molecule has 2 heterocycles. The van der Waals surface area contributed by atoms with Crippen LogP contribution in [0.4, 0.5) is 5.69 Å². The molecule has 7 heteroatoms. The SMILES string of the molecule is COCC(=O)N1CCC(Oc2ccccc2C(=O)N2CCN(c3ccccc3)CC2)CC1. The molecule has 0 N–H and O–H groups in total. The molecule has 0 atom stereocenters. The number of amides is 2. The van der Waals surface area contributed by atoms with E-state index in [1.165, 1.54) is 12.8 Å². The molecule has 0 saturated carbocycles. The third-order valence-corrected chi connectivity index (χ3v) is 6.16. The van der Waals surface area contributed by atoms with Gasteiger partial charge in [0.15, 0.2) is 0 Å². The number of nitrogens with zero attached hydrogens (tertiary/aromatic N) is 3. The predicted molar refractivity (Wildman–Crippen MR) is 123 cm³/mol. The molecule has 32 heavy (non-hydrogen) atoms. The second-order valence-corrected chi connectivity index (χ2v) is 8.24. The number of likely N-dealkylation sites (tertiary alicyclic amines) is 1. The molecule has 2 fully saturated rings. The van der Waals surface area contributed by atoms with Gasteiger partial charge in [0, 0.05) is 64.9 Å². The molecule has 0 unspecified atom stereocenters. The monoisotopic (exact) mass is 437 g/mol. The van der Waals surface area contributed by atoms with Crippen LogP contribution in [-0.2, 0) is 9.53 Å². The van der Waals surface area contributed by atoms with Crippen molar-refractivity contribution < 1.29 is 19.1 Å². The largest absolute Gasteiger partial charge is 0.489 e. The normalized spacial score (nSPS) is 17.3. The molecule has 2 amide bonds. The van der Waals surface area contributed by atoms with E-state index >= 15 is 0 Å². The van der Waals surface area contributed by atoms with Crippen molar-refractivity contribution in [1.29, 1.82) is 0 Å². The summed E-state index contributed by atoms with van der Waals surface area (Å²) in [6.07, 6.45) is 1.48. The van der Waals surface area contributed by atoms with E-state index in [0.29, 0.717) is 37.5 Å². The molecule has 0 spiro atoms. The van der Waals surface area contributed by atoms with E-state index in [1.54, 1.807) is 0 Å². The van der Waals surface area contributed by atoms with Gasteiger partial charge < -0.3 is 24.2 Å². The number of benzene rings is 2. The van der Waals surface area contributed by atoms with Gasteiger partial charge in [-0.25, -0.2) is 0 Å². The molecule has 0 aromatic heterocycles. The van der Waals surface area contributed by atoms with Crippen LogP contribution >= 0.6 is 0 Å². The topological polar surface area (TPSA) is 62.3 Å². The maximum Gasteiger partial charge on any atom is 0.257 e. The second-order valence-electron chi connectivity index (χ2n) is 8.24. The lowest BCUT2D eigenvalue weighted by atomic mass is 10.1. The lowest BCUT2D eigenvalue weighted by Gasteiger charge is -2.36. The van der Waals surface area contributed by atoms with Gasteiger partial charge in [0.25, 0.3) is 5.91 Å². The van der Waals surface area contributed by atoms with Crippen molar-refractivity contribution in [2.45, 2.75) is 18.9 Å². The first kappa shape index (κ1) is 22.1. The molecular weight excluding hydrogens is 406 g/mol. The van der Waals surface area contributed by atoms with Crippen molar-refractivity contribution in [3.63, 3.8) is 0 Å². The second kappa shape index (κ2) is 10.5. The van der Waals surface area contributed by atoms with Gasteiger partial charge in [0.1, 0.15) is 18.5 Å². The van der Waals surface area contributed by atoms with Gasteiger partial charge in [0.05, 0.1) is 5.56 Å². The molecule has 0 radical (unpaired) electrons. The number of anilines is 1. The Hall–Kier alpha value is -3.06. The smallest absolute Gasteiger partial charge is 0.257 e. The minimum Gasteiger partial charge on any atom is -0.489 e. The van der Waals surface area contributed by atoms with Gasteiger partial charge >= 0.3 is 0 Å². The number of ether oxygens (including phenoxy) is 2. The van der Waals surface area contributed by atoms with E-state index in [0.717, 1.165) is 25.9 Å². The number of piperazine rings is 1. The van der Waals surface area contributed by atoms with Crippen LogP contribution in [0.3, 0.4) is 0 Å². The quantitative estimate of drug-likeness (QED) is 0.695. The number of carbonyl (C=O) groups is 2. The molecule has 2 aromatic rings. The highest BCUT2D eigenvalue weighted by Gasteiger charge is 2.27. The van der Waals surface area contributed by atoms with Gasteiger partial charge in [0.2, 0.25) is 5.91 Å². The molecule has 2 aromatic carbocycles. The fraction of sp³-hybridized carbons (Fsp3) is 0.440. The van der Waals surface area contributed by atoms with E-state index in [2.05, 4.69) is 17.0 Å². The summed E-state index contributed by atoms with van der Waals surface area (Å²) in [6, 6.07) is 17.8. The highest BCUT2D eigenvalue weighted by atomic mass is 16.5. The third-order valence-electron chi connectivity index (χ3n) is 6.16. The number of methoxy groups -OCH3 is 1. The van der Waals surface area contributed by atoms with E-state index in [4.69, 9.17) is 9.47 Å². The average molecular weight is 438 g/mol. The molecule has 2 aliphatic rings. The Morgan fingerprint density at radius 1 is 0.844 bits per heavy atom. The zero-order valence-corrected chi connectivity index (χ0v) is 18.6. The van der Waals surface area contributed by atoms with Crippen LogP contribution in [0.1, 0.15) is 23.2 Å². The number of piperidine rings is 1. The Balaban J connectivity index is 1.34. The van der Waals surface area contributed by atoms with E-state index in [-0.39, 0.29) is 24.5 Å². The Morgan fingerprint density at radius 3 is 2.19 bits per heavy atom. The summed E-state index contributed by atoms with van der Waals surface area (Å²) in [4.78, 5) is 31.3. The molecule has 0 aliphatic carbocycles. The van der Waals surface area contributed by atoms with Crippen LogP contribution in [0.5, 0.6) is 5.75 Å². The molecule has 2 saturated heterocycles. The first-order valence-corrected chi connectivity index (χ1v) is 11.3. The Morgan fingerprint density at radius 2 is 1.50 bits per heavy atom.